The average Bonchev–Trinajstić information content (AvgIpc) is 3.41. The first-order valence-corrected chi connectivity index (χ1v) is 9.63. The summed E-state index contributed by atoms with van der Waals surface area (Å²) in [6, 6.07) is 8.09. The summed E-state index contributed by atoms with van der Waals surface area (Å²) in [4.78, 5) is 2.30. The summed E-state index contributed by atoms with van der Waals surface area (Å²) in [5.74, 6) is 1.52. The fourth-order valence-corrected chi connectivity index (χ4v) is 4.64. The molecule has 0 amide bonds. The number of rotatable bonds is 4. The Balaban J connectivity index is 1.25. The van der Waals surface area contributed by atoms with E-state index in [0.29, 0.717) is 35.7 Å². The second-order valence-electron chi connectivity index (χ2n) is 7.82. The zero-order valence-electron chi connectivity index (χ0n) is 15.4. The zero-order valence-corrected chi connectivity index (χ0v) is 15.4. The first-order valence-electron chi connectivity index (χ1n) is 9.63. The SMILES string of the molecule is O[C@@H]1C[C@H]2CN(Cc3nnc(-c4cccc(F)c4)o3)C[C@H]2C[C@H]1n1cccn1. The molecule has 1 aliphatic heterocycles. The molecule has 0 unspecified atom stereocenters. The van der Waals surface area contributed by atoms with Crippen molar-refractivity contribution in [3.8, 4) is 11.5 Å². The summed E-state index contributed by atoms with van der Waals surface area (Å²) in [5.41, 5.74) is 0.582. The van der Waals surface area contributed by atoms with Crippen molar-refractivity contribution in [2.24, 2.45) is 11.8 Å². The lowest BCUT2D eigenvalue weighted by Crippen LogP contribution is -2.36. The van der Waals surface area contributed by atoms with E-state index in [9.17, 15) is 9.50 Å². The minimum atomic E-state index is -0.371. The largest absolute Gasteiger partial charge is 0.419 e. The van der Waals surface area contributed by atoms with Crippen LogP contribution in [0, 0.1) is 17.7 Å². The summed E-state index contributed by atoms with van der Waals surface area (Å²) >= 11 is 0. The molecule has 4 atom stereocenters. The molecule has 2 fully saturated rings. The van der Waals surface area contributed by atoms with Gasteiger partial charge in [0, 0.05) is 31.0 Å². The van der Waals surface area contributed by atoms with E-state index in [1.807, 2.05) is 16.9 Å². The van der Waals surface area contributed by atoms with E-state index in [1.165, 1.54) is 12.1 Å². The molecule has 3 heterocycles. The fraction of sp³-hybridized carbons (Fsp3) is 0.450. The van der Waals surface area contributed by atoms with Crippen LogP contribution in [0.25, 0.3) is 11.5 Å². The number of halogens is 1. The molecule has 3 aromatic rings. The predicted octanol–water partition coefficient (Wildman–Crippen LogP) is 2.52. The summed E-state index contributed by atoms with van der Waals surface area (Å²) < 4.78 is 21.0. The maximum absolute atomic E-state index is 13.4. The molecule has 146 valence electrons. The Morgan fingerprint density at radius 3 is 2.79 bits per heavy atom. The smallest absolute Gasteiger partial charge is 0.247 e. The number of aliphatic hydroxyl groups excluding tert-OH is 1. The molecule has 5 rings (SSSR count). The molecule has 1 aliphatic carbocycles. The lowest BCUT2D eigenvalue weighted by atomic mass is 9.77. The molecule has 2 aliphatic rings. The molecule has 2 aromatic heterocycles. The third kappa shape index (κ3) is 3.33. The predicted molar refractivity (Wildman–Crippen MR) is 98.5 cm³/mol. The van der Waals surface area contributed by atoms with Crippen molar-refractivity contribution < 1.29 is 13.9 Å². The second kappa shape index (κ2) is 7.10. The van der Waals surface area contributed by atoms with Crippen molar-refractivity contribution in [3.05, 3.63) is 54.4 Å². The van der Waals surface area contributed by atoms with Gasteiger partial charge in [0.15, 0.2) is 0 Å². The third-order valence-electron chi connectivity index (χ3n) is 5.95. The number of hydrogen-bond acceptors (Lipinski definition) is 6. The summed E-state index contributed by atoms with van der Waals surface area (Å²) in [5, 5.41) is 23.1. The van der Waals surface area contributed by atoms with Gasteiger partial charge in [0.05, 0.1) is 18.7 Å². The maximum Gasteiger partial charge on any atom is 0.247 e. The first-order chi connectivity index (χ1) is 13.7. The number of aromatic nitrogens is 4. The van der Waals surface area contributed by atoms with Gasteiger partial charge in [0.2, 0.25) is 11.8 Å². The van der Waals surface area contributed by atoms with Crippen molar-refractivity contribution >= 4 is 0 Å². The summed E-state index contributed by atoms with van der Waals surface area (Å²) in [6.45, 7) is 2.41. The van der Waals surface area contributed by atoms with Crippen LogP contribution in [0.4, 0.5) is 4.39 Å². The van der Waals surface area contributed by atoms with E-state index in [1.54, 1.807) is 18.3 Å². The van der Waals surface area contributed by atoms with Crippen LogP contribution in [0.3, 0.4) is 0 Å². The van der Waals surface area contributed by atoms with Gasteiger partial charge in [-0.25, -0.2) is 4.39 Å². The van der Waals surface area contributed by atoms with Crippen LogP contribution in [0.15, 0.2) is 47.1 Å². The Morgan fingerprint density at radius 1 is 1.14 bits per heavy atom. The van der Waals surface area contributed by atoms with E-state index >= 15 is 0 Å². The van der Waals surface area contributed by atoms with Gasteiger partial charge in [-0.05, 0) is 48.9 Å². The van der Waals surface area contributed by atoms with Gasteiger partial charge in [-0.2, -0.15) is 5.10 Å². The molecule has 1 saturated heterocycles. The van der Waals surface area contributed by atoms with Crippen molar-refractivity contribution in [2.45, 2.75) is 31.5 Å². The highest BCUT2D eigenvalue weighted by Crippen LogP contribution is 2.41. The highest BCUT2D eigenvalue weighted by atomic mass is 19.1. The van der Waals surface area contributed by atoms with E-state index < -0.39 is 0 Å². The second-order valence-corrected chi connectivity index (χ2v) is 7.82. The Morgan fingerprint density at radius 2 is 2.00 bits per heavy atom. The molecule has 1 aromatic carbocycles. The van der Waals surface area contributed by atoms with Crippen molar-refractivity contribution in [2.75, 3.05) is 13.1 Å². The Kier molecular flexibility index (Phi) is 4.44. The summed E-state index contributed by atoms with van der Waals surface area (Å²) in [7, 11) is 0. The fourth-order valence-electron chi connectivity index (χ4n) is 4.64. The van der Waals surface area contributed by atoms with Crippen LogP contribution < -0.4 is 0 Å². The van der Waals surface area contributed by atoms with E-state index in [4.69, 9.17) is 4.42 Å². The van der Waals surface area contributed by atoms with Gasteiger partial charge >= 0.3 is 0 Å². The Hall–Kier alpha value is -2.58. The lowest BCUT2D eigenvalue weighted by Gasteiger charge is -2.35. The number of hydrogen-bond donors (Lipinski definition) is 1. The van der Waals surface area contributed by atoms with Crippen LogP contribution in [-0.2, 0) is 6.54 Å². The molecule has 0 spiro atoms. The van der Waals surface area contributed by atoms with Gasteiger partial charge in [-0.1, -0.05) is 6.07 Å². The molecule has 0 radical (unpaired) electrons. The van der Waals surface area contributed by atoms with Crippen LogP contribution in [0.1, 0.15) is 24.8 Å². The normalized spacial score (nSPS) is 27.8. The van der Waals surface area contributed by atoms with Crippen LogP contribution in [0.5, 0.6) is 0 Å². The number of aliphatic hydroxyl groups is 1. The standard InChI is InChI=1S/C20H22FN5O2/c21-16-4-1-3-13(7-16)20-24-23-19(28-20)12-25-10-14-8-17(26-6-2-5-22-26)18(27)9-15(14)11-25/h1-7,14-15,17-18,27H,8-12H2/t14-,15+,17-,18-/m1/s1. The highest BCUT2D eigenvalue weighted by molar-refractivity contribution is 5.52. The van der Waals surface area contributed by atoms with Gasteiger partial charge in [-0.3, -0.25) is 9.58 Å². The van der Waals surface area contributed by atoms with Gasteiger partial charge in [0.1, 0.15) is 5.82 Å². The molecule has 0 bridgehead atoms. The topological polar surface area (TPSA) is 80.2 Å². The average molecular weight is 383 g/mol. The van der Waals surface area contributed by atoms with Crippen LogP contribution in [0.2, 0.25) is 0 Å². The Bertz CT molecular complexity index is 944. The zero-order chi connectivity index (χ0) is 19.1. The van der Waals surface area contributed by atoms with E-state index in [-0.39, 0.29) is 18.0 Å². The molecule has 1 N–H and O–H groups in total. The minimum Gasteiger partial charge on any atom is -0.419 e. The molecule has 28 heavy (non-hydrogen) atoms. The van der Waals surface area contributed by atoms with Gasteiger partial charge in [-0.15, -0.1) is 10.2 Å². The van der Waals surface area contributed by atoms with E-state index in [2.05, 4.69) is 20.2 Å². The number of benzene rings is 1. The van der Waals surface area contributed by atoms with Crippen LogP contribution in [-0.4, -0.2) is 49.2 Å². The van der Waals surface area contributed by atoms with Crippen LogP contribution >= 0.6 is 0 Å². The van der Waals surface area contributed by atoms with Crippen molar-refractivity contribution in [1.82, 2.24) is 24.9 Å². The monoisotopic (exact) mass is 383 g/mol. The van der Waals surface area contributed by atoms with Gasteiger partial charge in [0.25, 0.3) is 0 Å². The minimum absolute atomic E-state index is 0.0409. The quantitative estimate of drug-likeness (QED) is 0.746. The lowest BCUT2D eigenvalue weighted by molar-refractivity contribution is 0.0306. The molecule has 7 nitrogen and oxygen atoms in total. The first kappa shape index (κ1) is 17.5. The molecular formula is C20H22FN5O2. The number of fused-ring (bicyclic) bond motifs is 1. The Labute approximate surface area is 161 Å². The molecule has 1 saturated carbocycles. The van der Waals surface area contributed by atoms with Gasteiger partial charge < -0.3 is 9.52 Å². The summed E-state index contributed by atoms with van der Waals surface area (Å²) in [6.07, 6.45) is 5.01. The maximum atomic E-state index is 13.4. The number of nitrogens with zero attached hydrogens (tertiary/aromatic N) is 5. The highest BCUT2D eigenvalue weighted by Gasteiger charge is 2.42. The molecule has 8 heteroatoms. The molecular weight excluding hydrogens is 361 g/mol. The number of likely N-dealkylation sites (tertiary alicyclic amines) is 1. The third-order valence-corrected chi connectivity index (χ3v) is 5.95. The van der Waals surface area contributed by atoms with E-state index in [0.717, 1.165) is 25.9 Å². The van der Waals surface area contributed by atoms with Crippen molar-refractivity contribution in [3.63, 3.8) is 0 Å². The van der Waals surface area contributed by atoms with Crippen molar-refractivity contribution in [1.29, 1.82) is 0 Å².